The number of aryl methyl sites for hydroxylation is 1. The molecule has 2 heterocycles. The van der Waals surface area contributed by atoms with E-state index in [-0.39, 0.29) is 17.4 Å². The van der Waals surface area contributed by atoms with Crippen molar-refractivity contribution in [3.63, 3.8) is 0 Å². The van der Waals surface area contributed by atoms with E-state index in [4.69, 9.17) is 0 Å². The Morgan fingerprint density at radius 1 is 1.61 bits per heavy atom. The smallest absolute Gasteiger partial charge is 0.243 e. The molecule has 1 fully saturated rings. The molecule has 1 aliphatic rings. The van der Waals surface area contributed by atoms with E-state index >= 15 is 0 Å². The number of nitrogens with one attached hydrogen (secondary N) is 3. The Morgan fingerprint density at radius 2 is 2.39 bits per heavy atom. The number of anilines is 1. The molecule has 18 heavy (non-hydrogen) atoms. The maximum absolute atomic E-state index is 12.3. The van der Waals surface area contributed by atoms with Crippen LogP contribution in [0, 0.1) is 5.41 Å². The van der Waals surface area contributed by atoms with Crippen LogP contribution < -0.4 is 10.6 Å². The third kappa shape index (κ3) is 2.56. The molecule has 0 aromatic carbocycles. The van der Waals surface area contributed by atoms with E-state index in [1.807, 2.05) is 6.92 Å². The monoisotopic (exact) mass is 250 g/mol. The molecule has 1 aliphatic heterocycles. The van der Waals surface area contributed by atoms with Gasteiger partial charge >= 0.3 is 0 Å². The number of aromatic amines is 1. The van der Waals surface area contributed by atoms with Crippen molar-refractivity contribution >= 4 is 11.7 Å². The fourth-order valence-corrected chi connectivity index (χ4v) is 2.54. The van der Waals surface area contributed by atoms with E-state index in [0.29, 0.717) is 0 Å². The maximum atomic E-state index is 12.3. The summed E-state index contributed by atoms with van der Waals surface area (Å²) >= 11 is 0. The first-order valence-corrected chi connectivity index (χ1v) is 6.61. The molecule has 0 spiro atoms. The largest absolute Gasteiger partial charge is 0.309 e. The second-order valence-electron chi connectivity index (χ2n) is 5.59. The summed E-state index contributed by atoms with van der Waals surface area (Å²) in [6.45, 7) is 7.22. The third-order valence-corrected chi connectivity index (χ3v) is 3.74. The summed E-state index contributed by atoms with van der Waals surface area (Å²) < 4.78 is 0. The summed E-state index contributed by atoms with van der Waals surface area (Å²) in [6.07, 6.45) is 4.81. The number of carbonyl (C=O) groups excluding carboxylic acids is 1. The van der Waals surface area contributed by atoms with Gasteiger partial charge in [-0.25, -0.2) is 0 Å². The molecular formula is C13H22N4O. The minimum atomic E-state index is -0.140. The lowest BCUT2D eigenvalue weighted by Gasteiger charge is -2.38. The molecule has 5 nitrogen and oxygen atoms in total. The molecule has 2 rings (SSSR count). The van der Waals surface area contributed by atoms with Crippen molar-refractivity contribution in [2.24, 2.45) is 5.41 Å². The molecule has 0 bridgehead atoms. The molecule has 5 heteroatoms. The molecule has 100 valence electrons. The van der Waals surface area contributed by atoms with E-state index in [1.54, 1.807) is 6.20 Å². The van der Waals surface area contributed by atoms with Crippen molar-refractivity contribution in [2.45, 2.75) is 46.1 Å². The van der Waals surface area contributed by atoms with E-state index in [2.05, 4.69) is 34.7 Å². The molecule has 1 amide bonds. The molecule has 1 saturated heterocycles. The second kappa shape index (κ2) is 5.10. The summed E-state index contributed by atoms with van der Waals surface area (Å²) in [7, 11) is 0. The predicted molar refractivity (Wildman–Crippen MR) is 71.4 cm³/mol. The number of hydrogen-bond acceptors (Lipinski definition) is 3. The Bertz CT molecular complexity index is 424. The zero-order valence-corrected chi connectivity index (χ0v) is 11.3. The van der Waals surface area contributed by atoms with Gasteiger partial charge in [-0.3, -0.25) is 9.89 Å². The number of nitrogens with zero attached hydrogens (tertiary/aromatic N) is 1. The van der Waals surface area contributed by atoms with Crippen LogP contribution in [0.4, 0.5) is 5.82 Å². The quantitative estimate of drug-likeness (QED) is 0.764. The molecule has 0 aliphatic carbocycles. The molecule has 1 aromatic heterocycles. The first-order chi connectivity index (χ1) is 8.54. The van der Waals surface area contributed by atoms with Gasteiger partial charge in [0, 0.05) is 5.56 Å². The SMILES string of the molecule is CCc1cn[nH]c1NC(=O)C1NCCCC1(C)C. The van der Waals surface area contributed by atoms with E-state index < -0.39 is 0 Å². The second-order valence-corrected chi connectivity index (χ2v) is 5.59. The summed E-state index contributed by atoms with van der Waals surface area (Å²) in [5.74, 6) is 0.754. The van der Waals surface area contributed by atoms with Crippen molar-refractivity contribution in [1.29, 1.82) is 0 Å². The lowest BCUT2D eigenvalue weighted by Crippen LogP contribution is -2.53. The highest BCUT2D eigenvalue weighted by atomic mass is 16.2. The van der Waals surface area contributed by atoms with Crippen LogP contribution in [0.15, 0.2) is 6.20 Å². The van der Waals surface area contributed by atoms with Crippen LogP contribution in [0.3, 0.4) is 0 Å². The van der Waals surface area contributed by atoms with Crippen molar-refractivity contribution in [1.82, 2.24) is 15.5 Å². The Labute approximate surface area is 108 Å². The minimum Gasteiger partial charge on any atom is -0.309 e. The number of rotatable bonds is 3. The van der Waals surface area contributed by atoms with Crippen LogP contribution >= 0.6 is 0 Å². The van der Waals surface area contributed by atoms with Gasteiger partial charge in [0.05, 0.1) is 12.2 Å². The van der Waals surface area contributed by atoms with Gasteiger partial charge in [-0.2, -0.15) is 5.10 Å². The van der Waals surface area contributed by atoms with Crippen LogP contribution in [0.2, 0.25) is 0 Å². The van der Waals surface area contributed by atoms with E-state index in [0.717, 1.165) is 37.2 Å². The van der Waals surface area contributed by atoms with Crippen molar-refractivity contribution in [3.05, 3.63) is 11.8 Å². The highest BCUT2D eigenvalue weighted by Gasteiger charge is 2.37. The number of H-pyrrole nitrogens is 1. The number of amides is 1. The summed E-state index contributed by atoms with van der Waals surface area (Å²) in [6, 6.07) is -0.140. The van der Waals surface area contributed by atoms with Crippen LogP contribution in [-0.4, -0.2) is 28.7 Å². The average molecular weight is 250 g/mol. The zero-order chi connectivity index (χ0) is 13.2. The molecule has 1 unspecified atom stereocenters. The van der Waals surface area contributed by atoms with Gasteiger partial charge in [0.15, 0.2) is 0 Å². The summed E-state index contributed by atoms with van der Waals surface area (Å²) in [4.78, 5) is 12.3. The van der Waals surface area contributed by atoms with Gasteiger partial charge in [0.25, 0.3) is 0 Å². The standard InChI is InChI=1S/C13H22N4O/c1-4-9-8-15-17-11(9)16-12(18)10-13(2,3)6-5-7-14-10/h8,10,14H,4-7H2,1-3H3,(H2,15,16,17,18). The number of piperidine rings is 1. The molecular weight excluding hydrogens is 228 g/mol. The van der Waals surface area contributed by atoms with Gasteiger partial charge in [-0.15, -0.1) is 0 Å². The average Bonchev–Trinajstić information content (AvgIpc) is 2.75. The van der Waals surface area contributed by atoms with Crippen LogP contribution in [0.1, 0.15) is 39.2 Å². The lowest BCUT2D eigenvalue weighted by molar-refractivity contribution is -0.121. The van der Waals surface area contributed by atoms with E-state index in [9.17, 15) is 4.79 Å². The van der Waals surface area contributed by atoms with Crippen LogP contribution in [0.25, 0.3) is 0 Å². The van der Waals surface area contributed by atoms with Gasteiger partial charge in [-0.1, -0.05) is 20.8 Å². The predicted octanol–water partition coefficient (Wildman–Crippen LogP) is 1.69. The van der Waals surface area contributed by atoms with E-state index in [1.165, 1.54) is 0 Å². The van der Waals surface area contributed by atoms with Gasteiger partial charge in [0.1, 0.15) is 5.82 Å². The number of hydrogen-bond donors (Lipinski definition) is 3. The summed E-state index contributed by atoms with van der Waals surface area (Å²) in [5, 5.41) is 13.1. The van der Waals surface area contributed by atoms with Crippen LogP contribution in [-0.2, 0) is 11.2 Å². The number of aromatic nitrogens is 2. The summed E-state index contributed by atoms with van der Waals surface area (Å²) in [5.41, 5.74) is 1.03. The normalized spacial score (nSPS) is 22.7. The van der Waals surface area contributed by atoms with Crippen molar-refractivity contribution < 1.29 is 4.79 Å². The zero-order valence-electron chi connectivity index (χ0n) is 11.3. The minimum absolute atomic E-state index is 0.00523. The van der Waals surface area contributed by atoms with Crippen molar-refractivity contribution in [2.75, 3.05) is 11.9 Å². The molecule has 0 radical (unpaired) electrons. The Balaban J connectivity index is 2.07. The molecule has 0 saturated carbocycles. The van der Waals surface area contributed by atoms with Gasteiger partial charge in [0.2, 0.25) is 5.91 Å². The molecule has 1 atom stereocenters. The first-order valence-electron chi connectivity index (χ1n) is 6.61. The Morgan fingerprint density at radius 3 is 3.06 bits per heavy atom. The maximum Gasteiger partial charge on any atom is 0.243 e. The van der Waals surface area contributed by atoms with Crippen molar-refractivity contribution in [3.8, 4) is 0 Å². The van der Waals surface area contributed by atoms with Crippen LogP contribution in [0.5, 0.6) is 0 Å². The topological polar surface area (TPSA) is 69.8 Å². The first kappa shape index (κ1) is 13.1. The highest BCUT2D eigenvalue weighted by molar-refractivity contribution is 5.95. The highest BCUT2D eigenvalue weighted by Crippen LogP contribution is 2.30. The Hall–Kier alpha value is -1.36. The third-order valence-electron chi connectivity index (χ3n) is 3.74. The molecule has 3 N–H and O–H groups in total. The number of carbonyl (C=O) groups is 1. The lowest BCUT2D eigenvalue weighted by atomic mass is 9.77. The van der Waals surface area contributed by atoms with Gasteiger partial charge < -0.3 is 10.6 Å². The van der Waals surface area contributed by atoms with Gasteiger partial charge in [-0.05, 0) is 31.2 Å². The molecule has 1 aromatic rings. The fraction of sp³-hybridized carbons (Fsp3) is 0.692. The fourth-order valence-electron chi connectivity index (χ4n) is 2.54. The Kier molecular flexibility index (Phi) is 3.71.